The lowest BCUT2D eigenvalue weighted by Gasteiger charge is -2.39. The molecule has 2 N–H and O–H groups in total. The lowest BCUT2D eigenvalue weighted by molar-refractivity contribution is -0.133. The van der Waals surface area contributed by atoms with E-state index in [9.17, 15) is 14.4 Å². The zero-order valence-electron chi connectivity index (χ0n) is 17.9. The molecule has 0 radical (unpaired) electrons. The predicted molar refractivity (Wildman–Crippen MR) is 120 cm³/mol. The van der Waals surface area contributed by atoms with Crippen molar-refractivity contribution < 1.29 is 14.4 Å². The number of carbonyl (C=O) groups excluding carboxylic acids is 3. The summed E-state index contributed by atoms with van der Waals surface area (Å²) in [6.07, 6.45) is 10.1. The SMILES string of the molecule is C#C[C@H](c1cnc(NC(C)=O)s1)N1CCC2(CC1)NC(=O)N(Cc1ccnc(C)c1)C2=O. The number of pyridine rings is 1. The third-order valence-corrected chi connectivity index (χ3v) is 6.76. The van der Waals surface area contributed by atoms with Crippen LogP contribution < -0.4 is 10.6 Å². The number of terminal acetylenes is 1. The molecule has 2 aromatic rings. The van der Waals surface area contributed by atoms with E-state index >= 15 is 0 Å². The first kappa shape index (κ1) is 21.9. The number of piperidine rings is 1. The summed E-state index contributed by atoms with van der Waals surface area (Å²) < 4.78 is 0. The number of carbonyl (C=O) groups is 3. The van der Waals surface area contributed by atoms with Crippen LogP contribution in [0.15, 0.2) is 24.5 Å². The minimum absolute atomic E-state index is 0.190. The molecular formula is C22H24N6O3S. The number of hydrogen-bond donors (Lipinski definition) is 2. The Labute approximate surface area is 190 Å². The molecule has 2 fully saturated rings. The predicted octanol–water partition coefficient (Wildman–Crippen LogP) is 2.07. The first-order valence-corrected chi connectivity index (χ1v) is 11.1. The highest BCUT2D eigenvalue weighted by atomic mass is 32.1. The fourth-order valence-corrected chi connectivity index (χ4v) is 5.15. The van der Waals surface area contributed by atoms with E-state index in [-0.39, 0.29) is 30.4 Å². The monoisotopic (exact) mass is 452 g/mol. The van der Waals surface area contributed by atoms with Gasteiger partial charge in [-0.1, -0.05) is 17.3 Å². The van der Waals surface area contributed by atoms with Gasteiger partial charge in [0.2, 0.25) is 5.91 Å². The second-order valence-corrected chi connectivity index (χ2v) is 9.13. The van der Waals surface area contributed by atoms with Crippen LogP contribution in [0.5, 0.6) is 0 Å². The molecule has 0 aliphatic carbocycles. The standard InChI is InChI=1S/C22H24N6O3S/c1-4-17(18-12-24-20(32-18)25-15(3)29)27-9-6-22(7-10-27)19(30)28(21(31)26-22)13-16-5-8-23-14(2)11-16/h1,5,8,11-12,17H,6-7,9-10,13H2,2-3H3,(H,26,31)(H,24,25,29)/t17-/m1/s1. The summed E-state index contributed by atoms with van der Waals surface area (Å²) >= 11 is 1.34. The third-order valence-electron chi connectivity index (χ3n) is 5.80. The van der Waals surface area contributed by atoms with Gasteiger partial charge in [-0.2, -0.15) is 0 Å². The number of aryl methyl sites for hydroxylation is 1. The van der Waals surface area contributed by atoms with Crippen molar-refractivity contribution in [1.29, 1.82) is 0 Å². The Balaban J connectivity index is 1.43. The van der Waals surface area contributed by atoms with Crippen LogP contribution in [0.1, 0.15) is 41.9 Å². The number of urea groups is 1. The fraction of sp³-hybridized carbons (Fsp3) is 0.409. The highest BCUT2D eigenvalue weighted by Gasteiger charge is 2.52. The van der Waals surface area contributed by atoms with E-state index in [0.717, 1.165) is 16.1 Å². The van der Waals surface area contributed by atoms with Crippen molar-refractivity contribution in [3.8, 4) is 12.3 Å². The van der Waals surface area contributed by atoms with Crippen molar-refractivity contribution in [3.05, 3.63) is 40.7 Å². The van der Waals surface area contributed by atoms with Gasteiger partial charge in [0.25, 0.3) is 5.91 Å². The Morgan fingerprint density at radius 2 is 2.12 bits per heavy atom. The van der Waals surface area contributed by atoms with Crippen LogP contribution in [-0.2, 0) is 16.1 Å². The Hall–Kier alpha value is -3.29. The van der Waals surface area contributed by atoms with Crippen molar-refractivity contribution in [1.82, 2.24) is 25.1 Å². The zero-order valence-corrected chi connectivity index (χ0v) is 18.7. The lowest BCUT2D eigenvalue weighted by Crippen LogP contribution is -2.55. The van der Waals surface area contributed by atoms with Gasteiger partial charge in [-0.3, -0.25) is 24.4 Å². The second-order valence-electron chi connectivity index (χ2n) is 8.06. The van der Waals surface area contributed by atoms with Crippen molar-refractivity contribution in [2.24, 2.45) is 0 Å². The molecule has 0 unspecified atom stereocenters. The number of imide groups is 1. The quantitative estimate of drug-likeness (QED) is 0.531. The molecule has 0 bridgehead atoms. The van der Waals surface area contributed by atoms with E-state index in [1.165, 1.54) is 23.2 Å². The maximum Gasteiger partial charge on any atom is 0.325 e. The van der Waals surface area contributed by atoms with E-state index < -0.39 is 5.54 Å². The number of hydrogen-bond acceptors (Lipinski definition) is 7. The van der Waals surface area contributed by atoms with Gasteiger partial charge in [0, 0.05) is 38.1 Å². The topological polar surface area (TPSA) is 108 Å². The smallest absolute Gasteiger partial charge is 0.323 e. The number of thiazole rings is 1. The summed E-state index contributed by atoms with van der Waals surface area (Å²) in [6, 6.07) is 3.00. The molecule has 32 heavy (non-hydrogen) atoms. The summed E-state index contributed by atoms with van der Waals surface area (Å²) in [5.41, 5.74) is 0.801. The molecular weight excluding hydrogens is 428 g/mol. The van der Waals surface area contributed by atoms with Gasteiger partial charge in [-0.05, 0) is 37.5 Å². The van der Waals surface area contributed by atoms with Gasteiger partial charge >= 0.3 is 6.03 Å². The van der Waals surface area contributed by atoms with Crippen molar-refractivity contribution in [2.75, 3.05) is 18.4 Å². The second kappa shape index (κ2) is 8.68. The average molecular weight is 453 g/mol. The molecule has 2 saturated heterocycles. The molecule has 1 atom stereocenters. The number of nitrogens with zero attached hydrogens (tertiary/aromatic N) is 4. The molecule has 2 aliphatic rings. The van der Waals surface area contributed by atoms with Crippen LogP contribution in [0.3, 0.4) is 0 Å². The molecule has 9 nitrogen and oxygen atoms in total. The van der Waals surface area contributed by atoms with E-state index in [1.54, 1.807) is 12.4 Å². The number of anilines is 1. The minimum atomic E-state index is -0.899. The maximum absolute atomic E-state index is 13.2. The fourth-order valence-electron chi connectivity index (χ4n) is 4.20. The number of rotatable bonds is 5. The summed E-state index contributed by atoms with van der Waals surface area (Å²) in [5.74, 6) is 2.41. The van der Waals surface area contributed by atoms with Gasteiger partial charge < -0.3 is 10.6 Å². The number of likely N-dealkylation sites (tertiary alicyclic amines) is 1. The van der Waals surface area contributed by atoms with Crippen molar-refractivity contribution in [2.45, 2.75) is 44.8 Å². The largest absolute Gasteiger partial charge is 0.325 e. The molecule has 4 amide bonds. The Morgan fingerprint density at radius 3 is 2.78 bits per heavy atom. The number of aromatic nitrogens is 2. The Kier molecular flexibility index (Phi) is 5.95. The van der Waals surface area contributed by atoms with E-state index in [2.05, 4.69) is 31.4 Å². The summed E-state index contributed by atoms with van der Waals surface area (Å²) in [6.45, 7) is 4.62. The highest BCUT2D eigenvalue weighted by molar-refractivity contribution is 7.15. The average Bonchev–Trinajstić information content (AvgIpc) is 3.28. The van der Waals surface area contributed by atoms with Crippen molar-refractivity contribution in [3.63, 3.8) is 0 Å². The lowest BCUT2D eigenvalue weighted by atomic mass is 9.86. The van der Waals surface area contributed by atoms with Crippen LogP contribution in [-0.4, -0.2) is 56.2 Å². The Bertz CT molecular complexity index is 1100. The maximum atomic E-state index is 13.2. The normalized spacial score (nSPS) is 19.0. The molecule has 2 aromatic heterocycles. The summed E-state index contributed by atoms with van der Waals surface area (Å²) in [4.78, 5) is 49.7. The van der Waals surface area contributed by atoms with E-state index in [4.69, 9.17) is 6.42 Å². The van der Waals surface area contributed by atoms with Crippen LogP contribution in [0.25, 0.3) is 0 Å². The van der Waals surface area contributed by atoms with Gasteiger partial charge in [-0.25, -0.2) is 9.78 Å². The van der Waals surface area contributed by atoms with Gasteiger partial charge in [0.15, 0.2) is 5.13 Å². The molecule has 4 rings (SSSR count). The van der Waals surface area contributed by atoms with Gasteiger partial charge in [-0.15, -0.1) is 6.42 Å². The van der Waals surface area contributed by atoms with Crippen LogP contribution in [0.2, 0.25) is 0 Å². The van der Waals surface area contributed by atoms with Crippen LogP contribution in [0.4, 0.5) is 9.93 Å². The summed E-state index contributed by atoms with van der Waals surface area (Å²) in [5, 5.41) is 6.10. The van der Waals surface area contributed by atoms with Gasteiger partial charge in [0.1, 0.15) is 11.6 Å². The number of nitrogens with one attached hydrogen (secondary N) is 2. The van der Waals surface area contributed by atoms with Crippen LogP contribution in [0, 0.1) is 19.3 Å². The third kappa shape index (κ3) is 4.22. The Morgan fingerprint density at radius 1 is 1.38 bits per heavy atom. The first-order chi connectivity index (χ1) is 15.3. The molecule has 0 aromatic carbocycles. The molecule has 2 aliphatic heterocycles. The molecule has 1 spiro atoms. The highest BCUT2D eigenvalue weighted by Crippen LogP contribution is 2.35. The van der Waals surface area contributed by atoms with Gasteiger partial charge in [0.05, 0.1) is 11.4 Å². The first-order valence-electron chi connectivity index (χ1n) is 10.3. The molecule has 10 heteroatoms. The van der Waals surface area contributed by atoms with E-state index in [1.807, 2.05) is 19.1 Å². The molecule has 0 saturated carbocycles. The zero-order chi connectivity index (χ0) is 22.9. The minimum Gasteiger partial charge on any atom is -0.323 e. The summed E-state index contributed by atoms with van der Waals surface area (Å²) in [7, 11) is 0. The van der Waals surface area contributed by atoms with Crippen molar-refractivity contribution >= 4 is 34.3 Å². The van der Waals surface area contributed by atoms with Crippen LogP contribution >= 0.6 is 11.3 Å². The molecule has 4 heterocycles. The molecule has 166 valence electrons. The number of amides is 4. The van der Waals surface area contributed by atoms with E-state index in [0.29, 0.717) is 31.1 Å².